The Morgan fingerprint density at radius 3 is 2.82 bits per heavy atom. The number of aryl methyl sites for hydroxylation is 1. The number of nitrogens with zero attached hydrogens (tertiary/aromatic N) is 3. The molecule has 1 amide bonds. The standard InChI is InChI=1S/C14H16N4O4/c1-9-4-5-13(22-3)12(6-9)16-14(19)10(2)17-8-11(7-15-17)18(20)21/h4-8,10H,1-3H3,(H,16,19). The predicted molar refractivity (Wildman–Crippen MR) is 80.0 cm³/mol. The summed E-state index contributed by atoms with van der Waals surface area (Å²) in [7, 11) is 1.51. The molecule has 0 spiro atoms. The van der Waals surface area contributed by atoms with Crippen molar-refractivity contribution < 1.29 is 14.5 Å². The number of carbonyl (C=O) groups excluding carboxylic acids is 1. The Labute approximate surface area is 126 Å². The van der Waals surface area contributed by atoms with Crippen molar-refractivity contribution in [3.05, 3.63) is 46.3 Å². The van der Waals surface area contributed by atoms with Gasteiger partial charge in [-0.15, -0.1) is 0 Å². The number of hydrogen-bond acceptors (Lipinski definition) is 5. The van der Waals surface area contributed by atoms with E-state index in [-0.39, 0.29) is 11.6 Å². The van der Waals surface area contributed by atoms with Crippen molar-refractivity contribution >= 4 is 17.3 Å². The lowest BCUT2D eigenvalue weighted by atomic mass is 10.2. The molecule has 0 aliphatic carbocycles. The summed E-state index contributed by atoms with van der Waals surface area (Å²) in [5, 5.41) is 17.2. The number of methoxy groups -OCH3 is 1. The fourth-order valence-electron chi connectivity index (χ4n) is 1.91. The van der Waals surface area contributed by atoms with Crippen molar-refractivity contribution in [1.82, 2.24) is 9.78 Å². The Bertz CT molecular complexity index is 711. The highest BCUT2D eigenvalue weighted by atomic mass is 16.6. The van der Waals surface area contributed by atoms with Gasteiger partial charge < -0.3 is 10.1 Å². The average molecular weight is 304 g/mol. The van der Waals surface area contributed by atoms with E-state index in [0.717, 1.165) is 11.8 Å². The number of anilines is 1. The third kappa shape index (κ3) is 3.22. The molecule has 1 unspecified atom stereocenters. The molecule has 1 atom stereocenters. The second kappa shape index (κ2) is 6.25. The quantitative estimate of drug-likeness (QED) is 0.675. The molecule has 1 aromatic carbocycles. The normalized spacial score (nSPS) is 11.8. The molecule has 1 heterocycles. The molecule has 0 saturated heterocycles. The SMILES string of the molecule is COc1ccc(C)cc1NC(=O)C(C)n1cc([N+](=O)[O-])cn1. The molecule has 8 nitrogen and oxygen atoms in total. The number of carbonyl (C=O) groups is 1. The minimum absolute atomic E-state index is 0.159. The van der Waals surface area contributed by atoms with E-state index >= 15 is 0 Å². The largest absolute Gasteiger partial charge is 0.495 e. The Hall–Kier alpha value is -2.90. The summed E-state index contributed by atoms with van der Waals surface area (Å²) in [4.78, 5) is 22.4. The lowest BCUT2D eigenvalue weighted by Gasteiger charge is -2.15. The van der Waals surface area contributed by atoms with E-state index in [4.69, 9.17) is 4.74 Å². The Morgan fingerprint density at radius 2 is 2.23 bits per heavy atom. The summed E-state index contributed by atoms with van der Waals surface area (Å²) in [6.07, 6.45) is 2.33. The first-order valence-electron chi connectivity index (χ1n) is 6.56. The second-order valence-electron chi connectivity index (χ2n) is 4.80. The Balaban J connectivity index is 2.17. The summed E-state index contributed by atoms with van der Waals surface area (Å²) in [5.41, 5.74) is 1.35. The summed E-state index contributed by atoms with van der Waals surface area (Å²) >= 11 is 0. The maximum atomic E-state index is 12.3. The summed E-state index contributed by atoms with van der Waals surface area (Å²) < 4.78 is 6.44. The van der Waals surface area contributed by atoms with Crippen molar-refractivity contribution in [2.45, 2.75) is 19.9 Å². The van der Waals surface area contributed by atoms with Crippen molar-refractivity contribution in [2.24, 2.45) is 0 Å². The van der Waals surface area contributed by atoms with Crippen LogP contribution in [0.25, 0.3) is 0 Å². The first-order valence-corrected chi connectivity index (χ1v) is 6.56. The highest BCUT2D eigenvalue weighted by molar-refractivity contribution is 5.94. The molecule has 2 aromatic rings. The molecule has 116 valence electrons. The van der Waals surface area contributed by atoms with E-state index in [1.807, 2.05) is 13.0 Å². The smallest absolute Gasteiger partial charge is 0.307 e. The van der Waals surface area contributed by atoms with Crippen molar-refractivity contribution in [3.8, 4) is 5.75 Å². The van der Waals surface area contributed by atoms with Crippen molar-refractivity contribution in [2.75, 3.05) is 12.4 Å². The lowest BCUT2D eigenvalue weighted by molar-refractivity contribution is -0.385. The van der Waals surface area contributed by atoms with Gasteiger partial charge in [-0.05, 0) is 31.5 Å². The van der Waals surface area contributed by atoms with E-state index in [1.165, 1.54) is 18.0 Å². The van der Waals surface area contributed by atoms with Gasteiger partial charge in [0.1, 0.15) is 24.2 Å². The van der Waals surface area contributed by atoms with Crippen LogP contribution in [-0.2, 0) is 4.79 Å². The number of nitro groups is 1. The van der Waals surface area contributed by atoms with Crippen molar-refractivity contribution in [1.29, 1.82) is 0 Å². The van der Waals surface area contributed by atoms with Gasteiger partial charge in [0.2, 0.25) is 5.91 Å². The van der Waals surface area contributed by atoms with Crippen molar-refractivity contribution in [3.63, 3.8) is 0 Å². The van der Waals surface area contributed by atoms with Crippen LogP contribution < -0.4 is 10.1 Å². The zero-order chi connectivity index (χ0) is 16.3. The van der Waals surface area contributed by atoms with Crippen LogP contribution in [0.3, 0.4) is 0 Å². The molecule has 0 aliphatic rings. The molecular weight excluding hydrogens is 288 g/mol. The molecule has 0 bridgehead atoms. The lowest BCUT2D eigenvalue weighted by Crippen LogP contribution is -2.24. The minimum atomic E-state index is -0.695. The number of hydrogen-bond donors (Lipinski definition) is 1. The summed E-state index contributed by atoms with van der Waals surface area (Å²) in [5.74, 6) is 0.194. The number of ether oxygens (including phenoxy) is 1. The Morgan fingerprint density at radius 1 is 1.50 bits per heavy atom. The molecular formula is C14H16N4O4. The van der Waals surface area contributed by atoms with Crippen LogP contribution in [-0.4, -0.2) is 27.7 Å². The maximum absolute atomic E-state index is 12.3. The number of amides is 1. The molecule has 1 aromatic heterocycles. The predicted octanol–water partition coefficient (Wildman–Crippen LogP) is 2.31. The van der Waals surface area contributed by atoms with Gasteiger partial charge in [0.05, 0.1) is 17.7 Å². The highest BCUT2D eigenvalue weighted by Gasteiger charge is 2.20. The number of nitrogens with one attached hydrogen (secondary N) is 1. The molecule has 0 fully saturated rings. The molecule has 8 heteroatoms. The third-order valence-corrected chi connectivity index (χ3v) is 3.19. The van der Waals surface area contributed by atoms with Crippen LogP contribution in [0.1, 0.15) is 18.5 Å². The average Bonchev–Trinajstić information content (AvgIpc) is 2.96. The maximum Gasteiger partial charge on any atom is 0.307 e. The monoisotopic (exact) mass is 304 g/mol. The highest BCUT2D eigenvalue weighted by Crippen LogP contribution is 2.26. The van der Waals surface area contributed by atoms with Gasteiger partial charge in [-0.1, -0.05) is 6.07 Å². The van der Waals surface area contributed by atoms with Crippen LogP contribution in [0.4, 0.5) is 11.4 Å². The fourth-order valence-corrected chi connectivity index (χ4v) is 1.91. The summed E-state index contributed by atoms with van der Waals surface area (Å²) in [6.45, 7) is 3.50. The second-order valence-corrected chi connectivity index (χ2v) is 4.80. The molecule has 0 saturated carbocycles. The van der Waals surface area contributed by atoms with Gasteiger partial charge in [0.15, 0.2) is 0 Å². The Kier molecular flexibility index (Phi) is 4.40. The minimum Gasteiger partial charge on any atom is -0.495 e. The van der Waals surface area contributed by atoms with Crippen LogP contribution >= 0.6 is 0 Å². The van der Waals surface area contributed by atoms with E-state index in [9.17, 15) is 14.9 Å². The van der Waals surface area contributed by atoms with Gasteiger partial charge in [0.25, 0.3) is 0 Å². The molecule has 1 N–H and O–H groups in total. The van der Waals surface area contributed by atoms with E-state index in [2.05, 4.69) is 10.4 Å². The summed E-state index contributed by atoms with van der Waals surface area (Å²) in [6, 6.07) is 4.72. The molecule has 22 heavy (non-hydrogen) atoms. The van der Waals surface area contributed by atoms with Crippen LogP contribution in [0.15, 0.2) is 30.6 Å². The topological polar surface area (TPSA) is 99.3 Å². The first-order chi connectivity index (χ1) is 10.4. The van der Waals surface area contributed by atoms with Gasteiger partial charge in [-0.25, -0.2) is 0 Å². The third-order valence-electron chi connectivity index (χ3n) is 3.19. The fraction of sp³-hybridized carbons (Fsp3) is 0.286. The van der Waals surface area contributed by atoms with E-state index < -0.39 is 11.0 Å². The van der Waals surface area contributed by atoms with E-state index in [0.29, 0.717) is 11.4 Å². The number of rotatable bonds is 5. The zero-order valence-corrected chi connectivity index (χ0v) is 12.4. The number of benzene rings is 1. The molecule has 0 aliphatic heterocycles. The van der Waals surface area contributed by atoms with Crippen LogP contribution in [0.5, 0.6) is 5.75 Å². The van der Waals surface area contributed by atoms with Crippen LogP contribution in [0, 0.1) is 17.0 Å². The van der Waals surface area contributed by atoms with Gasteiger partial charge in [-0.2, -0.15) is 5.10 Å². The first kappa shape index (κ1) is 15.5. The zero-order valence-electron chi connectivity index (χ0n) is 12.4. The van der Waals surface area contributed by atoms with Gasteiger partial charge in [-0.3, -0.25) is 19.6 Å². The number of aromatic nitrogens is 2. The van der Waals surface area contributed by atoms with Gasteiger partial charge in [0, 0.05) is 0 Å². The van der Waals surface area contributed by atoms with Crippen LogP contribution in [0.2, 0.25) is 0 Å². The van der Waals surface area contributed by atoms with Gasteiger partial charge >= 0.3 is 5.69 Å². The van der Waals surface area contributed by atoms with E-state index in [1.54, 1.807) is 19.1 Å². The molecule has 2 rings (SSSR count). The molecule has 0 radical (unpaired) electrons.